The third-order valence-corrected chi connectivity index (χ3v) is 2.75. The minimum Gasteiger partial charge on any atom is -0.426 e. The van der Waals surface area contributed by atoms with Crippen molar-refractivity contribution in [3.63, 3.8) is 0 Å². The fraction of sp³-hybridized carbons (Fsp3) is 0.333. The minimum atomic E-state index is -0.536. The monoisotopic (exact) mass is 244 g/mol. The second-order valence-electron chi connectivity index (χ2n) is 5.48. The smallest absolute Gasteiger partial charge is 0.316 e. The number of ketones is 1. The van der Waals surface area contributed by atoms with Crippen LogP contribution in [0.5, 0.6) is 5.75 Å². The Hall–Kier alpha value is -1.90. The van der Waals surface area contributed by atoms with Crippen molar-refractivity contribution in [3.8, 4) is 5.75 Å². The van der Waals surface area contributed by atoms with Crippen LogP contribution < -0.4 is 4.74 Å². The van der Waals surface area contributed by atoms with Crippen LogP contribution in [0.2, 0.25) is 0 Å². The van der Waals surface area contributed by atoms with E-state index in [1.807, 2.05) is 6.07 Å². The summed E-state index contributed by atoms with van der Waals surface area (Å²) in [5, 5.41) is 0. The largest absolute Gasteiger partial charge is 0.426 e. The van der Waals surface area contributed by atoms with Gasteiger partial charge in [-0.2, -0.15) is 0 Å². The number of carbonyl (C=O) groups is 2. The van der Waals surface area contributed by atoms with Crippen molar-refractivity contribution in [1.82, 2.24) is 0 Å². The molecule has 0 bridgehead atoms. The molecule has 0 heterocycles. The van der Waals surface area contributed by atoms with Crippen LogP contribution >= 0.6 is 0 Å². The highest BCUT2D eigenvalue weighted by molar-refractivity contribution is 5.98. The van der Waals surface area contributed by atoms with Crippen molar-refractivity contribution in [2.24, 2.45) is 5.41 Å². The molecule has 1 aromatic carbocycles. The van der Waals surface area contributed by atoms with Crippen LogP contribution in [0.3, 0.4) is 0 Å². The van der Waals surface area contributed by atoms with Crippen molar-refractivity contribution >= 4 is 17.8 Å². The molecule has 2 rings (SSSR count). The minimum absolute atomic E-state index is 0.0711. The van der Waals surface area contributed by atoms with E-state index in [2.05, 4.69) is 0 Å². The lowest BCUT2D eigenvalue weighted by atomic mass is 9.96. The van der Waals surface area contributed by atoms with Crippen LogP contribution in [-0.4, -0.2) is 11.8 Å². The topological polar surface area (TPSA) is 43.4 Å². The normalized spacial score (nSPS) is 14.3. The summed E-state index contributed by atoms with van der Waals surface area (Å²) in [4.78, 5) is 23.1. The van der Waals surface area contributed by atoms with E-state index in [0.717, 1.165) is 11.1 Å². The SMILES string of the molecule is CC(C)(C)C(=O)Oc1ccc2c(c1)CC(=O)C=C2. The summed E-state index contributed by atoms with van der Waals surface area (Å²) in [5.41, 5.74) is 1.37. The highest BCUT2D eigenvalue weighted by Gasteiger charge is 2.24. The molecule has 0 fully saturated rings. The first-order valence-electron chi connectivity index (χ1n) is 5.92. The summed E-state index contributed by atoms with van der Waals surface area (Å²) in [6.07, 6.45) is 3.73. The molecule has 0 unspecified atom stereocenters. The third kappa shape index (κ3) is 2.67. The van der Waals surface area contributed by atoms with Gasteiger partial charge in [0, 0.05) is 6.42 Å². The Labute approximate surface area is 106 Å². The molecule has 0 aromatic heterocycles. The van der Waals surface area contributed by atoms with Gasteiger partial charge in [0.15, 0.2) is 5.78 Å². The molecule has 0 radical (unpaired) electrons. The molecule has 1 aromatic rings. The van der Waals surface area contributed by atoms with Crippen molar-refractivity contribution in [2.75, 3.05) is 0 Å². The lowest BCUT2D eigenvalue weighted by Gasteiger charge is -2.17. The van der Waals surface area contributed by atoms with Gasteiger partial charge < -0.3 is 4.74 Å². The van der Waals surface area contributed by atoms with E-state index in [1.165, 1.54) is 0 Å². The van der Waals surface area contributed by atoms with Crippen LogP contribution in [0, 0.1) is 5.41 Å². The molecule has 0 amide bonds. The van der Waals surface area contributed by atoms with Crippen LogP contribution in [0.4, 0.5) is 0 Å². The van der Waals surface area contributed by atoms with Crippen molar-refractivity contribution in [1.29, 1.82) is 0 Å². The van der Waals surface area contributed by atoms with Crippen molar-refractivity contribution in [2.45, 2.75) is 27.2 Å². The summed E-state index contributed by atoms with van der Waals surface area (Å²) >= 11 is 0. The van der Waals surface area contributed by atoms with Gasteiger partial charge in [-0.15, -0.1) is 0 Å². The first-order chi connectivity index (χ1) is 8.36. The number of esters is 1. The molecular formula is C15H16O3. The van der Waals surface area contributed by atoms with Crippen molar-refractivity contribution < 1.29 is 14.3 Å². The van der Waals surface area contributed by atoms with Gasteiger partial charge in [-0.25, -0.2) is 0 Å². The molecule has 18 heavy (non-hydrogen) atoms. The molecule has 94 valence electrons. The van der Waals surface area contributed by atoms with E-state index in [4.69, 9.17) is 4.74 Å². The number of ether oxygens (including phenoxy) is 1. The Morgan fingerprint density at radius 3 is 2.61 bits per heavy atom. The number of allylic oxidation sites excluding steroid dienone is 1. The summed E-state index contributed by atoms with van der Waals surface area (Å²) in [6.45, 7) is 5.42. The number of benzene rings is 1. The van der Waals surface area contributed by atoms with Crippen LogP contribution in [0.15, 0.2) is 24.3 Å². The second kappa shape index (κ2) is 4.41. The van der Waals surface area contributed by atoms with E-state index in [-0.39, 0.29) is 11.8 Å². The van der Waals surface area contributed by atoms with Crippen molar-refractivity contribution in [3.05, 3.63) is 35.4 Å². The Morgan fingerprint density at radius 2 is 1.94 bits per heavy atom. The molecule has 1 aliphatic carbocycles. The first-order valence-corrected chi connectivity index (χ1v) is 5.92. The van der Waals surface area contributed by atoms with Crippen LogP contribution in [-0.2, 0) is 16.0 Å². The lowest BCUT2D eigenvalue weighted by molar-refractivity contribution is -0.143. The van der Waals surface area contributed by atoms with E-state index < -0.39 is 5.41 Å². The molecule has 3 heteroatoms. The number of carbonyl (C=O) groups excluding carboxylic acids is 2. The van der Waals surface area contributed by atoms with Gasteiger partial charge >= 0.3 is 5.97 Å². The maximum absolute atomic E-state index is 11.8. The number of hydrogen-bond acceptors (Lipinski definition) is 3. The molecule has 1 aliphatic rings. The Balaban J connectivity index is 2.22. The quantitative estimate of drug-likeness (QED) is 0.563. The number of hydrogen-bond donors (Lipinski definition) is 0. The molecule has 0 spiro atoms. The number of rotatable bonds is 1. The lowest BCUT2D eigenvalue weighted by Crippen LogP contribution is -2.25. The third-order valence-electron chi connectivity index (χ3n) is 2.75. The highest BCUT2D eigenvalue weighted by Crippen LogP contribution is 2.25. The zero-order valence-corrected chi connectivity index (χ0v) is 10.8. The molecule has 0 N–H and O–H groups in total. The maximum atomic E-state index is 11.8. The van der Waals surface area contributed by atoms with E-state index in [9.17, 15) is 9.59 Å². The van der Waals surface area contributed by atoms with Gasteiger partial charge in [0.1, 0.15) is 5.75 Å². The average Bonchev–Trinajstić information content (AvgIpc) is 2.27. The maximum Gasteiger partial charge on any atom is 0.316 e. The standard InChI is InChI=1S/C15H16O3/c1-15(2,3)14(17)18-13-7-5-10-4-6-12(16)8-11(10)9-13/h4-7,9H,8H2,1-3H3. The van der Waals surface area contributed by atoms with Crippen LogP contribution in [0.1, 0.15) is 31.9 Å². The summed E-state index contributed by atoms with van der Waals surface area (Å²) in [6, 6.07) is 5.38. The predicted octanol–water partition coefficient (Wildman–Crippen LogP) is 2.78. The summed E-state index contributed by atoms with van der Waals surface area (Å²) in [7, 11) is 0. The molecule has 0 atom stereocenters. The fourth-order valence-corrected chi connectivity index (χ4v) is 1.65. The fourth-order valence-electron chi connectivity index (χ4n) is 1.65. The van der Waals surface area contributed by atoms with E-state index in [0.29, 0.717) is 12.2 Å². The molecule has 0 saturated carbocycles. The van der Waals surface area contributed by atoms with Gasteiger partial charge in [-0.1, -0.05) is 12.1 Å². The average molecular weight is 244 g/mol. The summed E-state index contributed by atoms with van der Waals surface area (Å²) in [5.74, 6) is 0.290. The zero-order chi connectivity index (χ0) is 13.3. The molecular weight excluding hydrogens is 228 g/mol. The van der Waals surface area contributed by atoms with Gasteiger partial charge in [0.25, 0.3) is 0 Å². The Morgan fingerprint density at radius 1 is 1.22 bits per heavy atom. The first kappa shape index (κ1) is 12.6. The van der Waals surface area contributed by atoms with Gasteiger partial charge in [0.2, 0.25) is 0 Å². The van der Waals surface area contributed by atoms with E-state index in [1.54, 1.807) is 45.1 Å². The molecule has 3 nitrogen and oxygen atoms in total. The predicted molar refractivity (Wildman–Crippen MR) is 69.3 cm³/mol. The Kier molecular flexibility index (Phi) is 3.07. The van der Waals surface area contributed by atoms with Gasteiger partial charge in [0.05, 0.1) is 5.41 Å². The van der Waals surface area contributed by atoms with Crippen LogP contribution in [0.25, 0.3) is 6.08 Å². The van der Waals surface area contributed by atoms with E-state index >= 15 is 0 Å². The van der Waals surface area contributed by atoms with Gasteiger partial charge in [-0.05, 0) is 50.1 Å². The Bertz CT molecular complexity index is 533. The molecule has 0 aliphatic heterocycles. The zero-order valence-electron chi connectivity index (χ0n) is 10.8. The second-order valence-corrected chi connectivity index (χ2v) is 5.48. The highest BCUT2D eigenvalue weighted by atomic mass is 16.5. The summed E-state index contributed by atoms with van der Waals surface area (Å²) < 4.78 is 5.31. The molecule has 0 saturated heterocycles. The van der Waals surface area contributed by atoms with Gasteiger partial charge in [-0.3, -0.25) is 9.59 Å². The number of fused-ring (bicyclic) bond motifs is 1.